The Bertz CT molecular complexity index is 1240. The van der Waals surface area contributed by atoms with Gasteiger partial charge in [-0.05, 0) is 79.1 Å². The molecular formula is C32H26Br2. The lowest BCUT2D eigenvalue weighted by Crippen LogP contribution is -2.30. The molecule has 168 valence electrons. The first kappa shape index (κ1) is 23.1. The predicted octanol–water partition coefficient (Wildman–Crippen LogP) is 9.80. The molecule has 4 aromatic carbocycles. The van der Waals surface area contributed by atoms with Crippen molar-refractivity contribution in [1.29, 1.82) is 0 Å². The maximum Gasteiger partial charge on any atom is 0.0289 e. The summed E-state index contributed by atoms with van der Waals surface area (Å²) in [6.45, 7) is 4.30. The summed E-state index contributed by atoms with van der Waals surface area (Å²) in [5.41, 5.74) is 10.3. The quantitative estimate of drug-likeness (QED) is 0.229. The van der Waals surface area contributed by atoms with Crippen molar-refractivity contribution < 1.29 is 0 Å². The van der Waals surface area contributed by atoms with Crippen LogP contribution in [0.4, 0.5) is 0 Å². The van der Waals surface area contributed by atoms with Gasteiger partial charge in [-0.2, -0.15) is 0 Å². The maximum absolute atomic E-state index is 4.03. The first-order valence-electron chi connectivity index (χ1n) is 11.6. The Morgan fingerprint density at radius 1 is 0.471 bits per heavy atom. The van der Waals surface area contributed by atoms with Gasteiger partial charge in [-0.1, -0.05) is 120 Å². The molecule has 1 aliphatic carbocycles. The molecule has 0 unspecified atom stereocenters. The van der Waals surface area contributed by atoms with Crippen molar-refractivity contribution in [2.75, 3.05) is 0 Å². The standard InChI is InChI=1S/C32H26Br2/c1-21-13-17-23(18-14-21)27-28(24-19-15-22(2)16-20-24)30(32(34)26-11-7-4-8-12-26)29(27)31(33)25-9-5-3-6-10-25/h3-20,27-28H,1-2H3/b31-29-,32-30+/t27-,28-/m0/s1. The van der Waals surface area contributed by atoms with Gasteiger partial charge < -0.3 is 0 Å². The Hall–Kier alpha value is -2.68. The average Bonchev–Trinajstić information content (AvgIpc) is 2.87. The Morgan fingerprint density at radius 3 is 1.12 bits per heavy atom. The van der Waals surface area contributed by atoms with E-state index < -0.39 is 0 Å². The van der Waals surface area contributed by atoms with Crippen molar-refractivity contribution in [3.8, 4) is 0 Å². The summed E-state index contributed by atoms with van der Waals surface area (Å²) in [6, 6.07) is 39.3. The number of halogens is 2. The monoisotopic (exact) mass is 568 g/mol. The lowest BCUT2D eigenvalue weighted by atomic mass is 9.59. The highest BCUT2D eigenvalue weighted by molar-refractivity contribution is 9.15. The van der Waals surface area contributed by atoms with Gasteiger partial charge in [0.15, 0.2) is 0 Å². The molecule has 2 heteroatoms. The molecule has 0 N–H and O–H groups in total. The molecule has 1 aliphatic rings. The van der Waals surface area contributed by atoms with Crippen LogP contribution in [0.5, 0.6) is 0 Å². The largest absolute Gasteiger partial charge is 0.0622 e. The van der Waals surface area contributed by atoms with Gasteiger partial charge in [-0.15, -0.1) is 0 Å². The number of allylic oxidation sites excluding steroid dienone is 2. The van der Waals surface area contributed by atoms with E-state index in [1.807, 2.05) is 0 Å². The van der Waals surface area contributed by atoms with Gasteiger partial charge in [0, 0.05) is 20.8 Å². The van der Waals surface area contributed by atoms with Crippen LogP contribution in [0.15, 0.2) is 120 Å². The van der Waals surface area contributed by atoms with Crippen LogP contribution in [0.3, 0.4) is 0 Å². The van der Waals surface area contributed by atoms with E-state index in [1.54, 1.807) is 0 Å². The SMILES string of the molecule is Cc1ccc([C@@H]2C(=C(/Br)c3ccccc3)/C(=C(/Br)c3ccccc3)[C@H]2c2ccc(C)cc2)cc1. The van der Waals surface area contributed by atoms with E-state index >= 15 is 0 Å². The molecule has 0 spiro atoms. The molecular weight excluding hydrogens is 544 g/mol. The number of hydrogen-bond acceptors (Lipinski definition) is 0. The van der Waals surface area contributed by atoms with E-state index in [-0.39, 0.29) is 11.8 Å². The molecule has 4 aromatic rings. The van der Waals surface area contributed by atoms with Crippen molar-refractivity contribution in [3.05, 3.63) is 154 Å². The van der Waals surface area contributed by atoms with Gasteiger partial charge in [-0.25, -0.2) is 0 Å². The summed E-state index contributed by atoms with van der Waals surface area (Å²) < 4.78 is 2.31. The van der Waals surface area contributed by atoms with Crippen molar-refractivity contribution in [2.24, 2.45) is 0 Å². The van der Waals surface area contributed by atoms with Crippen LogP contribution < -0.4 is 0 Å². The molecule has 1 saturated carbocycles. The first-order chi connectivity index (χ1) is 16.5. The van der Waals surface area contributed by atoms with Gasteiger partial charge in [0.2, 0.25) is 0 Å². The van der Waals surface area contributed by atoms with Crippen LogP contribution in [0.2, 0.25) is 0 Å². The number of hydrogen-bond donors (Lipinski definition) is 0. The molecule has 0 aliphatic heterocycles. The third kappa shape index (κ3) is 4.37. The van der Waals surface area contributed by atoms with E-state index in [2.05, 4.69) is 155 Å². The summed E-state index contributed by atoms with van der Waals surface area (Å²) in [6.07, 6.45) is 0. The van der Waals surface area contributed by atoms with Crippen LogP contribution in [0, 0.1) is 13.8 Å². The second-order valence-corrected chi connectivity index (χ2v) is 10.6. The van der Waals surface area contributed by atoms with E-state index in [0.717, 1.165) is 8.96 Å². The van der Waals surface area contributed by atoms with Crippen LogP contribution in [-0.4, -0.2) is 0 Å². The fourth-order valence-electron chi connectivity index (χ4n) is 4.83. The fraction of sp³-hybridized carbons (Fsp3) is 0.125. The molecule has 0 aromatic heterocycles. The van der Waals surface area contributed by atoms with Gasteiger partial charge in [-0.3, -0.25) is 0 Å². The Morgan fingerprint density at radius 2 is 0.794 bits per heavy atom. The van der Waals surface area contributed by atoms with Crippen molar-refractivity contribution in [1.82, 2.24) is 0 Å². The zero-order valence-electron chi connectivity index (χ0n) is 19.3. The Kier molecular flexibility index (Phi) is 6.72. The summed E-state index contributed by atoms with van der Waals surface area (Å²) in [7, 11) is 0. The fourth-order valence-corrected chi connectivity index (χ4v) is 6.28. The lowest BCUT2D eigenvalue weighted by molar-refractivity contribution is 0.594. The molecule has 0 bridgehead atoms. The third-order valence-electron chi connectivity index (χ3n) is 6.65. The average molecular weight is 570 g/mol. The molecule has 0 radical (unpaired) electrons. The highest BCUT2D eigenvalue weighted by atomic mass is 79.9. The third-order valence-corrected chi connectivity index (χ3v) is 8.42. The summed E-state index contributed by atoms with van der Waals surface area (Å²) in [5, 5.41) is 0. The minimum atomic E-state index is 0.254. The molecule has 2 atom stereocenters. The Balaban J connectivity index is 1.78. The number of aryl methyl sites for hydroxylation is 2. The van der Waals surface area contributed by atoms with Gasteiger partial charge in [0.05, 0.1) is 0 Å². The molecule has 34 heavy (non-hydrogen) atoms. The van der Waals surface area contributed by atoms with E-state index in [4.69, 9.17) is 0 Å². The normalized spacial score (nSPS) is 20.5. The molecule has 1 fully saturated rings. The molecule has 0 saturated heterocycles. The van der Waals surface area contributed by atoms with Crippen LogP contribution >= 0.6 is 31.9 Å². The molecule has 0 nitrogen and oxygen atoms in total. The van der Waals surface area contributed by atoms with Gasteiger partial charge in [0.25, 0.3) is 0 Å². The molecule has 0 amide bonds. The minimum Gasteiger partial charge on any atom is -0.0622 e. The van der Waals surface area contributed by atoms with Gasteiger partial charge in [0.1, 0.15) is 0 Å². The predicted molar refractivity (Wildman–Crippen MR) is 152 cm³/mol. The minimum absolute atomic E-state index is 0.254. The van der Waals surface area contributed by atoms with E-state index in [1.165, 1.54) is 44.5 Å². The van der Waals surface area contributed by atoms with Crippen molar-refractivity contribution in [3.63, 3.8) is 0 Å². The zero-order chi connectivity index (χ0) is 23.7. The summed E-state index contributed by atoms with van der Waals surface area (Å²) in [5.74, 6) is 0.508. The Labute approximate surface area is 219 Å². The van der Waals surface area contributed by atoms with Crippen LogP contribution in [-0.2, 0) is 0 Å². The number of benzene rings is 4. The molecule has 5 rings (SSSR count). The van der Waals surface area contributed by atoms with E-state index in [9.17, 15) is 0 Å². The second-order valence-electron chi connectivity index (χ2n) is 8.96. The number of rotatable bonds is 4. The lowest BCUT2D eigenvalue weighted by Gasteiger charge is -2.45. The zero-order valence-corrected chi connectivity index (χ0v) is 22.5. The second kappa shape index (κ2) is 9.90. The van der Waals surface area contributed by atoms with E-state index in [0.29, 0.717) is 0 Å². The van der Waals surface area contributed by atoms with Crippen LogP contribution in [0.1, 0.15) is 45.2 Å². The van der Waals surface area contributed by atoms with Crippen molar-refractivity contribution >= 4 is 40.8 Å². The highest BCUT2D eigenvalue weighted by Gasteiger charge is 2.46. The van der Waals surface area contributed by atoms with Gasteiger partial charge >= 0.3 is 0 Å². The first-order valence-corrected chi connectivity index (χ1v) is 13.2. The summed E-state index contributed by atoms with van der Waals surface area (Å²) in [4.78, 5) is 0. The van der Waals surface area contributed by atoms with Crippen molar-refractivity contribution in [2.45, 2.75) is 25.7 Å². The summed E-state index contributed by atoms with van der Waals surface area (Å²) >= 11 is 8.07. The highest BCUT2D eigenvalue weighted by Crippen LogP contribution is 2.62. The smallest absolute Gasteiger partial charge is 0.0289 e. The molecule has 0 heterocycles. The van der Waals surface area contributed by atoms with Crippen LogP contribution in [0.25, 0.3) is 8.96 Å². The topological polar surface area (TPSA) is 0 Å². The maximum atomic E-state index is 4.03.